The highest BCUT2D eigenvalue weighted by Crippen LogP contribution is 2.49. The predicted molar refractivity (Wildman–Crippen MR) is 248 cm³/mol. The van der Waals surface area contributed by atoms with E-state index in [0.29, 0.717) is 51.0 Å². The third kappa shape index (κ3) is 11.0. The van der Waals surface area contributed by atoms with Crippen LogP contribution in [0.5, 0.6) is 11.5 Å². The molecule has 0 unspecified atom stereocenters. The molecule has 0 amide bonds. The Hall–Kier alpha value is -1.34. The van der Waals surface area contributed by atoms with Gasteiger partial charge in [-0.1, -0.05) is 138 Å². The van der Waals surface area contributed by atoms with Gasteiger partial charge >= 0.3 is 5.97 Å². The van der Waals surface area contributed by atoms with Gasteiger partial charge in [-0.25, -0.2) is 4.79 Å². The van der Waals surface area contributed by atoms with Crippen LogP contribution in [0.2, 0.25) is 69.5 Å². The lowest BCUT2D eigenvalue weighted by molar-refractivity contribution is 0.0595. The normalized spacial score (nSPS) is 15.0. The zero-order valence-electron chi connectivity index (χ0n) is 40.6. The van der Waals surface area contributed by atoms with E-state index < -0.39 is 39.2 Å². The lowest BCUT2D eigenvalue weighted by Crippen LogP contribution is -2.51. The first-order valence-corrected chi connectivity index (χ1v) is 31.4. The lowest BCUT2D eigenvalue weighted by atomic mass is 9.90. The summed E-state index contributed by atoms with van der Waals surface area (Å²) in [4.78, 5) is 14.4. The first-order chi connectivity index (χ1) is 24.6. The van der Waals surface area contributed by atoms with E-state index in [1.807, 2.05) is 0 Å². The van der Waals surface area contributed by atoms with Crippen molar-refractivity contribution in [3.8, 4) is 11.5 Å². The molecule has 0 heterocycles. The maximum Gasteiger partial charge on any atom is 0.341 e. The molecule has 0 radical (unpaired) electrons. The number of benzene rings is 1. The van der Waals surface area contributed by atoms with Gasteiger partial charge in [-0.3, -0.25) is 0 Å². The first kappa shape index (κ1) is 51.7. The van der Waals surface area contributed by atoms with Crippen molar-refractivity contribution in [2.75, 3.05) is 7.11 Å². The van der Waals surface area contributed by atoms with E-state index in [4.69, 9.17) is 22.4 Å². The minimum Gasteiger partial charge on any atom is -0.547 e. The van der Waals surface area contributed by atoms with Crippen LogP contribution in [0.15, 0.2) is 18.4 Å². The zero-order chi connectivity index (χ0) is 43.6. The van der Waals surface area contributed by atoms with Crippen LogP contribution >= 0.6 is 0 Å². The Morgan fingerprint density at radius 3 is 1.35 bits per heavy atom. The number of esters is 1. The molecule has 0 N–H and O–H groups in total. The fourth-order valence-corrected chi connectivity index (χ4v) is 21.6. The minimum atomic E-state index is -2.54. The van der Waals surface area contributed by atoms with Crippen LogP contribution in [-0.2, 0) is 20.0 Å². The fourth-order valence-electron chi connectivity index (χ4n) is 8.50. The van der Waals surface area contributed by atoms with Crippen LogP contribution in [0, 0.1) is 12.8 Å². The van der Waals surface area contributed by atoms with Crippen molar-refractivity contribution in [1.82, 2.24) is 0 Å². The second-order valence-electron chi connectivity index (χ2n) is 21.4. The molecule has 10 heteroatoms. The quantitative estimate of drug-likeness (QED) is 0.0786. The van der Waals surface area contributed by atoms with E-state index >= 15 is 0 Å². The van der Waals surface area contributed by atoms with Gasteiger partial charge in [0, 0.05) is 12.0 Å². The summed E-state index contributed by atoms with van der Waals surface area (Å²) < 4.78 is 35.1. The molecule has 1 aromatic rings. The average Bonchev–Trinajstić information content (AvgIpc) is 3.00. The van der Waals surface area contributed by atoms with Crippen molar-refractivity contribution in [3.63, 3.8) is 0 Å². The third-order valence-corrected chi connectivity index (χ3v) is 34.8. The monoisotopic (exact) mass is 837 g/mol. The average molecular weight is 838 g/mol. The van der Waals surface area contributed by atoms with Crippen molar-refractivity contribution < 1.29 is 27.2 Å². The molecule has 6 nitrogen and oxygen atoms in total. The molecular weight excluding hydrogens is 749 g/mol. The SMILES string of the molecule is C=C(O[Si](C)(C)C(C)(C)C)[C@@H](C)[C@@H](Cc1c(C)c(O[Si](C(C)C)(C(C)C)C(C)C)cc(O[Si](C(C)C)(C(C)C)C(C)C)c1C(=O)OC)O[Si](C)(C)C(C)(C)C. The van der Waals surface area contributed by atoms with Crippen molar-refractivity contribution >= 4 is 39.2 Å². The second-order valence-corrected chi connectivity index (χ2v) is 41.7. The van der Waals surface area contributed by atoms with E-state index in [1.54, 1.807) is 0 Å². The van der Waals surface area contributed by atoms with E-state index in [1.165, 1.54) is 7.11 Å². The molecule has 0 aliphatic carbocycles. The molecule has 55 heavy (non-hydrogen) atoms. The van der Waals surface area contributed by atoms with E-state index in [-0.39, 0.29) is 22.1 Å². The summed E-state index contributed by atoms with van der Waals surface area (Å²) in [5, 5.41) is -0.0305. The van der Waals surface area contributed by atoms with Crippen LogP contribution in [0.1, 0.15) is 153 Å². The maximum atomic E-state index is 14.4. The highest BCUT2D eigenvalue weighted by molar-refractivity contribution is 6.79. The largest absolute Gasteiger partial charge is 0.547 e. The van der Waals surface area contributed by atoms with Crippen LogP contribution in [0.3, 0.4) is 0 Å². The Kier molecular flexibility index (Phi) is 17.6. The summed E-state index contributed by atoms with van der Waals surface area (Å²) in [6.07, 6.45) is 0.129. The number of hydrogen-bond acceptors (Lipinski definition) is 6. The van der Waals surface area contributed by atoms with Gasteiger partial charge in [0.1, 0.15) is 17.1 Å². The first-order valence-electron chi connectivity index (χ1n) is 21.3. The van der Waals surface area contributed by atoms with Gasteiger partial charge in [0.15, 0.2) is 8.32 Å². The molecule has 0 aromatic heterocycles. The lowest BCUT2D eigenvalue weighted by Gasteiger charge is -2.45. The van der Waals surface area contributed by atoms with Crippen molar-refractivity contribution in [1.29, 1.82) is 0 Å². The second kappa shape index (κ2) is 18.7. The van der Waals surface area contributed by atoms with Gasteiger partial charge in [0.25, 0.3) is 16.6 Å². The topological polar surface area (TPSA) is 63.2 Å². The number of rotatable bonds is 19. The van der Waals surface area contributed by atoms with Gasteiger partial charge in [0.2, 0.25) is 8.32 Å². The molecule has 0 bridgehead atoms. The molecule has 0 aliphatic rings. The highest BCUT2D eigenvalue weighted by Gasteiger charge is 2.50. The summed E-state index contributed by atoms with van der Waals surface area (Å²) in [6, 6.07) is 2.06. The molecule has 0 saturated heterocycles. The summed E-state index contributed by atoms with van der Waals surface area (Å²) in [7, 11) is -8.02. The van der Waals surface area contributed by atoms with E-state index in [2.05, 4.69) is 177 Å². The smallest absolute Gasteiger partial charge is 0.341 e. The molecule has 2 atom stereocenters. The summed E-state index contributed by atoms with van der Waals surface area (Å²) in [5.74, 6) is 1.59. The molecule has 0 saturated carbocycles. The van der Waals surface area contributed by atoms with Crippen LogP contribution in [-0.4, -0.2) is 52.5 Å². The molecule has 0 fully saturated rings. The Morgan fingerprint density at radius 1 is 0.655 bits per heavy atom. The molecular formula is C45H88O6Si4. The molecule has 1 aromatic carbocycles. The van der Waals surface area contributed by atoms with Crippen molar-refractivity contribution in [3.05, 3.63) is 35.1 Å². The van der Waals surface area contributed by atoms with E-state index in [0.717, 1.165) is 22.6 Å². The molecule has 0 spiro atoms. The van der Waals surface area contributed by atoms with Gasteiger partial charge in [-0.2, -0.15) is 0 Å². The van der Waals surface area contributed by atoms with Crippen LogP contribution < -0.4 is 8.85 Å². The summed E-state index contributed by atoms with van der Waals surface area (Å²) >= 11 is 0. The van der Waals surface area contributed by atoms with Crippen LogP contribution in [0.25, 0.3) is 0 Å². The van der Waals surface area contributed by atoms with Gasteiger partial charge in [-0.05, 0) is 94.0 Å². The number of carbonyl (C=O) groups excluding carboxylic acids is 1. The Bertz CT molecular complexity index is 1400. The number of methoxy groups -OCH3 is 1. The molecule has 0 aliphatic heterocycles. The number of hydrogen-bond donors (Lipinski definition) is 0. The third-order valence-electron chi connectivity index (χ3n) is 13.9. The fraction of sp³-hybridized carbons (Fsp3) is 0.800. The van der Waals surface area contributed by atoms with E-state index in [9.17, 15) is 4.79 Å². The van der Waals surface area contributed by atoms with Crippen molar-refractivity contribution in [2.45, 2.75) is 221 Å². The van der Waals surface area contributed by atoms with Gasteiger partial charge in [0.05, 0.1) is 19.0 Å². The Morgan fingerprint density at radius 2 is 1.02 bits per heavy atom. The molecule has 320 valence electrons. The predicted octanol–water partition coefficient (Wildman–Crippen LogP) is 15.0. The Balaban J connectivity index is 4.54. The van der Waals surface area contributed by atoms with Gasteiger partial charge < -0.3 is 22.4 Å². The van der Waals surface area contributed by atoms with Gasteiger partial charge in [-0.15, -0.1) is 0 Å². The Labute approximate surface area is 345 Å². The number of carbonyl (C=O) groups is 1. The molecule has 1 rings (SSSR count). The van der Waals surface area contributed by atoms with Crippen molar-refractivity contribution in [2.24, 2.45) is 5.92 Å². The number of ether oxygens (including phenoxy) is 1. The standard InChI is InChI=1S/C45H88O6Si4/c1-29(2)54(30(3)4,31(5)6)50-40-28-41(51-55(32(7)8,33(9)10)34(11)12)42(43(46)47-22)38(36(40)14)27-39(49-53(25,26)45(19,20)21)35(13)37(15)48-52(23,24)44(16,17)18/h28-35,39H,15,27H2,1-14,16-26H3/t35-,39-/m1/s1. The summed E-state index contributed by atoms with van der Waals surface area (Å²) in [6.45, 7) is 59.2. The highest BCUT2D eigenvalue weighted by atomic mass is 28.4. The summed E-state index contributed by atoms with van der Waals surface area (Å²) in [5.41, 5.74) is 4.29. The zero-order valence-corrected chi connectivity index (χ0v) is 44.6. The minimum absolute atomic E-state index is 0.0112. The van der Waals surface area contributed by atoms with Crippen LogP contribution in [0.4, 0.5) is 0 Å². The maximum absolute atomic E-state index is 14.4.